The molecule has 2 aliphatic rings. The predicted octanol–water partition coefficient (Wildman–Crippen LogP) is 4.19. The van der Waals surface area contributed by atoms with Crippen molar-refractivity contribution in [1.82, 2.24) is 14.8 Å². The highest BCUT2D eigenvalue weighted by Crippen LogP contribution is 2.37. The highest BCUT2D eigenvalue weighted by molar-refractivity contribution is 5.97. The second-order valence-electron chi connectivity index (χ2n) is 7.60. The number of aromatic nitrogens is 1. The maximum atomic E-state index is 14.6. The predicted molar refractivity (Wildman–Crippen MR) is 116 cm³/mol. The summed E-state index contributed by atoms with van der Waals surface area (Å²) in [6, 6.07) is 6.82. The lowest BCUT2D eigenvalue weighted by Gasteiger charge is -2.29. The third-order valence-corrected chi connectivity index (χ3v) is 5.54. The van der Waals surface area contributed by atoms with Gasteiger partial charge in [-0.1, -0.05) is 18.7 Å². The molecule has 0 unspecified atom stereocenters. The van der Waals surface area contributed by atoms with E-state index in [1.807, 2.05) is 19.2 Å². The van der Waals surface area contributed by atoms with Gasteiger partial charge in [-0.3, -0.25) is 4.79 Å². The van der Waals surface area contributed by atoms with Gasteiger partial charge in [0.1, 0.15) is 5.82 Å². The first-order valence-electron chi connectivity index (χ1n) is 10.1. The van der Waals surface area contributed by atoms with Crippen LogP contribution in [0.3, 0.4) is 0 Å². The summed E-state index contributed by atoms with van der Waals surface area (Å²) in [5, 5.41) is 0. The molecular formula is C24H26FN3O2. The summed E-state index contributed by atoms with van der Waals surface area (Å²) in [6.07, 6.45) is 4.70. The molecular weight excluding hydrogens is 381 g/mol. The molecule has 1 amide bonds. The average molecular weight is 407 g/mol. The quantitative estimate of drug-likeness (QED) is 0.757. The van der Waals surface area contributed by atoms with Crippen LogP contribution in [-0.2, 0) is 4.74 Å². The van der Waals surface area contributed by atoms with Crippen LogP contribution in [0.1, 0.15) is 39.3 Å². The van der Waals surface area contributed by atoms with Crippen LogP contribution in [0, 0.1) is 12.7 Å². The molecule has 1 aromatic carbocycles. The zero-order chi connectivity index (χ0) is 21.3. The lowest BCUT2D eigenvalue weighted by Crippen LogP contribution is -2.41. The Morgan fingerprint density at radius 3 is 2.80 bits per heavy atom. The Balaban J connectivity index is 1.75. The number of fused-ring (bicyclic) bond motifs is 1. The normalized spacial score (nSPS) is 16.3. The zero-order valence-electron chi connectivity index (χ0n) is 17.2. The minimum Gasteiger partial charge on any atom is -0.378 e. The third kappa shape index (κ3) is 3.71. The van der Waals surface area contributed by atoms with Gasteiger partial charge < -0.3 is 19.5 Å². The first kappa shape index (κ1) is 20.2. The molecule has 0 atom stereocenters. The second-order valence-corrected chi connectivity index (χ2v) is 7.60. The van der Waals surface area contributed by atoms with Gasteiger partial charge in [-0.15, -0.1) is 6.58 Å². The van der Waals surface area contributed by atoms with E-state index < -0.39 is 5.82 Å². The maximum Gasteiger partial charge on any atom is 0.257 e. The first-order chi connectivity index (χ1) is 14.5. The standard InChI is InChI=1S/C24H26FN3O2/c1-4-5-8-28-15-21(19-13-16(2)26-23(19)17(28)3)18-6-7-22(25)20(14-18)24(29)27-9-11-30-12-10-27/h4,6-7,13-15,26H,1,3,5,8-12H2,2H3. The number of nitrogens with one attached hydrogen (secondary N) is 1. The van der Waals surface area contributed by atoms with E-state index in [0.717, 1.165) is 46.8 Å². The summed E-state index contributed by atoms with van der Waals surface area (Å²) in [6.45, 7) is 12.7. The zero-order valence-corrected chi connectivity index (χ0v) is 17.2. The van der Waals surface area contributed by atoms with Crippen LogP contribution in [-0.4, -0.2) is 53.5 Å². The molecule has 0 bridgehead atoms. The van der Waals surface area contributed by atoms with E-state index in [4.69, 9.17) is 4.74 Å². The minimum absolute atomic E-state index is 0.0890. The molecule has 30 heavy (non-hydrogen) atoms. The van der Waals surface area contributed by atoms with Crippen molar-refractivity contribution in [2.75, 3.05) is 32.8 Å². The molecule has 1 saturated heterocycles. The fourth-order valence-corrected chi connectivity index (χ4v) is 3.93. The third-order valence-electron chi connectivity index (χ3n) is 5.54. The van der Waals surface area contributed by atoms with Gasteiger partial charge in [0, 0.05) is 42.7 Å². The number of carbonyl (C=O) groups is 1. The number of aryl methyl sites for hydroxylation is 1. The number of hydrogen-bond acceptors (Lipinski definition) is 3. The van der Waals surface area contributed by atoms with Crippen molar-refractivity contribution in [2.24, 2.45) is 0 Å². The molecule has 4 rings (SSSR count). The molecule has 5 nitrogen and oxygen atoms in total. The van der Waals surface area contributed by atoms with Crippen LogP contribution >= 0.6 is 0 Å². The van der Waals surface area contributed by atoms with Gasteiger partial charge in [-0.2, -0.15) is 0 Å². The van der Waals surface area contributed by atoms with Crippen molar-refractivity contribution >= 4 is 17.2 Å². The van der Waals surface area contributed by atoms with Crippen molar-refractivity contribution in [1.29, 1.82) is 0 Å². The summed E-state index contributed by atoms with van der Waals surface area (Å²) < 4.78 is 19.9. The van der Waals surface area contributed by atoms with Crippen molar-refractivity contribution in [3.05, 3.63) is 83.6 Å². The molecule has 156 valence electrons. The van der Waals surface area contributed by atoms with Gasteiger partial charge in [-0.05, 0) is 37.1 Å². The van der Waals surface area contributed by atoms with Crippen molar-refractivity contribution < 1.29 is 13.9 Å². The molecule has 6 heteroatoms. The summed E-state index contributed by atoms with van der Waals surface area (Å²) in [4.78, 5) is 20.0. The van der Waals surface area contributed by atoms with Crippen LogP contribution in [0.15, 0.2) is 49.7 Å². The number of hydrogen-bond donors (Lipinski definition) is 1. The number of carbonyl (C=O) groups excluding carboxylic acids is 1. The summed E-state index contributed by atoms with van der Waals surface area (Å²) in [7, 11) is 0. The number of morpholine rings is 1. The Bertz CT molecular complexity index is 1030. The monoisotopic (exact) mass is 407 g/mol. The van der Waals surface area contributed by atoms with E-state index in [9.17, 15) is 9.18 Å². The van der Waals surface area contributed by atoms with E-state index in [0.29, 0.717) is 26.3 Å². The number of rotatable bonds is 5. The van der Waals surface area contributed by atoms with Gasteiger partial charge in [0.05, 0.1) is 30.2 Å². The largest absolute Gasteiger partial charge is 0.378 e. The molecule has 1 N–H and O–H groups in total. The van der Waals surface area contributed by atoms with Gasteiger partial charge >= 0.3 is 0 Å². The molecule has 0 aliphatic carbocycles. The van der Waals surface area contributed by atoms with Gasteiger partial charge in [0.2, 0.25) is 0 Å². The number of benzene rings is 1. The van der Waals surface area contributed by atoms with Crippen molar-refractivity contribution in [3.63, 3.8) is 0 Å². The van der Waals surface area contributed by atoms with Crippen molar-refractivity contribution in [2.45, 2.75) is 13.3 Å². The molecule has 0 saturated carbocycles. The molecule has 1 aromatic heterocycles. The Morgan fingerprint density at radius 2 is 2.07 bits per heavy atom. The smallest absolute Gasteiger partial charge is 0.257 e. The van der Waals surface area contributed by atoms with Gasteiger partial charge in [0.25, 0.3) is 5.91 Å². The first-order valence-corrected chi connectivity index (χ1v) is 10.1. The van der Waals surface area contributed by atoms with Crippen LogP contribution in [0.4, 0.5) is 4.39 Å². The Labute approximate surface area is 176 Å². The molecule has 2 aliphatic heterocycles. The Hall–Kier alpha value is -3.12. The van der Waals surface area contributed by atoms with E-state index in [1.165, 1.54) is 6.07 Å². The summed E-state index contributed by atoms with van der Waals surface area (Å²) in [5.74, 6) is -0.808. The number of ether oxygens (including phenoxy) is 1. The summed E-state index contributed by atoms with van der Waals surface area (Å²) in [5.41, 5.74) is 5.67. The average Bonchev–Trinajstić information content (AvgIpc) is 3.16. The Kier molecular flexibility index (Phi) is 5.59. The van der Waals surface area contributed by atoms with E-state index in [-0.39, 0.29) is 11.5 Å². The molecule has 1 fully saturated rings. The van der Waals surface area contributed by atoms with Crippen LogP contribution in [0.25, 0.3) is 11.3 Å². The van der Waals surface area contributed by atoms with E-state index >= 15 is 0 Å². The molecule has 0 spiro atoms. The fourth-order valence-electron chi connectivity index (χ4n) is 3.93. The highest BCUT2D eigenvalue weighted by atomic mass is 19.1. The second kappa shape index (κ2) is 8.32. The SMILES string of the molecule is C=CCCN1C=C(c2ccc(F)c(C(=O)N3CCOCC3)c2)c2cc(C)[nH]c2C1=C. The fraction of sp³-hybridized carbons (Fsp3) is 0.292. The number of amides is 1. The number of H-pyrrole nitrogens is 1. The molecule has 3 heterocycles. The highest BCUT2D eigenvalue weighted by Gasteiger charge is 2.26. The van der Waals surface area contributed by atoms with Crippen LogP contribution < -0.4 is 0 Å². The van der Waals surface area contributed by atoms with E-state index in [2.05, 4.69) is 29.1 Å². The number of aromatic amines is 1. The van der Waals surface area contributed by atoms with Crippen LogP contribution in [0.2, 0.25) is 0 Å². The number of nitrogens with zero attached hydrogens (tertiary/aromatic N) is 2. The Morgan fingerprint density at radius 1 is 1.30 bits per heavy atom. The van der Waals surface area contributed by atoms with Crippen LogP contribution in [0.5, 0.6) is 0 Å². The summed E-state index contributed by atoms with van der Waals surface area (Å²) >= 11 is 0. The van der Waals surface area contributed by atoms with Gasteiger partial charge in [0.15, 0.2) is 0 Å². The topological polar surface area (TPSA) is 48.6 Å². The maximum absolute atomic E-state index is 14.6. The minimum atomic E-state index is -0.509. The lowest BCUT2D eigenvalue weighted by atomic mass is 9.93. The molecule has 2 aromatic rings. The van der Waals surface area contributed by atoms with E-state index in [1.54, 1.807) is 17.0 Å². The lowest BCUT2D eigenvalue weighted by molar-refractivity contribution is 0.0300. The van der Waals surface area contributed by atoms with Crippen molar-refractivity contribution in [3.8, 4) is 0 Å². The van der Waals surface area contributed by atoms with Gasteiger partial charge in [-0.25, -0.2) is 4.39 Å². The number of halogens is 1. The molecule has 0 radical (unpaired) electrons.